The maximum Gasteiger partial charge on any atom is 0.343 e. The molecular weight excluding hydrogens is 999 g/mol. The summed E-state index contributed by atoms with van der Waals surface area (Å²) in [5.74, 6) is 0.483. The predicted molar refractivity (Wildman–Crippen MR) is 332 cm³/mol. The zero-order valence-corrected chi connectivity index (χ0v) is 49.8. The maximum atomic E-state index is 12.5. The van der Waals surface area contributed by atoms with Crippen molar-refractivity contribution in [2.45, 2.75) is 123 Å². The molecule has 0 spiro atoms. The lowest BCUT2D eigenvalue weighted by molar-refractivity contribution is 0.0723. The molecule has 0 aliphatic carbocycles. The number of hydrogen-bond acceptors (Lipinski definition) is 9. The molecule has 13 heteroatoms. The van der Waals surface area contributed by atoms with Crippen LogP contribution in [-0.4, -0.2) is 35.5 Å². The van der Waals surface area contributed by atoms with Crippen LogP contribution in [0.5, 0.6) is 17.2 Å². The number of nitrogens with one attached hydrogen (secondary N) is 2. The smallest absolute Gasteiger partial charge is 0.343 e. The number of amidine groups is 2. The monoisotopic (exact) mass is 1090 g/mol. The van der Waals surface area contributed by atoms with Crippen molar-refractivity contribution in [3.63, 3.8) is 0 Å². The van der Waals surface area contributed by atoms with E-state index in [0.29, 0.717) is 57.2 Å². The van der Waals surface area contributed by atoms with Gasteiger partial charge in [-0.3, -0.25) is 10.8 Å². The first-order valence-corrected chi connectivity index (χ1v) is 27.2. The third-order valence-corrected chi connectivity index (χ3v) is 10.9. The van der Waals surface area contributed by atoms with Crippen LogP contribution in [0.25, 0.3) is 10.8 Å². The highest BCUT2D eigenvalue weighted by atomic mass is 16.5. The molecule has 80 heavy (non-hydrogen) atoms. The van der Waals surface area contributed by atoms with Crippen LogP contribution in [0.15, 0.2) is 163 Å². The molecule has 0 unspecified atom stereocenters. The van der Waals surface area contributed by atoms with Crippen molar-refractivity contribution in [2.24, 2.45) is 44.2 Å². The summed E-state index contributed by atoms with van der Waals surface area (Å²) in [5, 5.41) is 17.2. The maximum absolute atomic E-state index is 12.5. The molecule has 10 N–H and O–H groups in total. The summed E-state index contributed by atoms with van der Waals surface area (Å²) in [5.41, 5.74) is 28.3. The van der Waals surface area contributed by atoms with Gasteiger partial charge in [0, 0.05) is 16.7 Å². The second-order valence-electron chi connectivity index (χ2n) is 21.4. The van der Waals surface area contributed by atoms with Gasteiger partial charge in [0.05, 0.1) is 22.4 Å². The average Bonchev–Trinajstić information content (AvgIpc) is 3.41. The molecule has 0 aliphatic rings. The molecule has 7 rings (SSSR count). The number of guanidine groups is 1. The Morgan fingerprint density at radius 1 is 0.412 bits per heavy atom. The zero-order valence-electron chi connectivity index (χ0n) is 49.8. The van der Waals surface area contributed by atoms with Gasteiger partial charge in [0.1, 0.15) is 28.9 Å². The molecule has 7 aromatic rings. The van der Waals surface area contributed by atoms with E-state index in [2.05, 4.69) is 67.3 Å². The Labute approximate surface area is 476 Å². The third kappa shape index (κ3) is 23.2. The van der Waals surface area contributed by atoms with Gasteiger partial charge in [-0.15, -0.1) is 0 Å². The van der Waals surface area contributed by atoms with Gasteiger partial charge < -0.3 is 37.1 Å². The lowest BCUT2D eigenvalue weighted by Gasteiger charge is -2.22. The number of benzene rings is 7. The summed E-state index contributed by atoms with van der Waals surface area (Å²) >= 11 is 0. The van der Waals surface area contributed by atoms with E-state index in [1.54, 1.807) is 84.9 Å². The molecule has 0 fully saturated rings. The number of carbonyl (C=O) groups is 3. The minimum atomic E-state index is -0.392. The Kier molecular flexibility index (Phi) is 27.3. The SMILES string of the molecule is CC.CC.CC.CC(C)(C)Cc1c(OC(=O)c2ccccc2)ccc2cc(C(=N)N)ccc12.CC(C)(C)Cc1cc(C(=N)N)ccc1OC(=O)c1ccccc1.CC(C)(C)Cc1cc(N=C(N)N)ccc1OC(=O)c1ccccc1. The second kappa shape index (κ2) is 32.4. The van der Waals surface area contributed by atoms with Crippen molar-refractivity contribution in [3.05, 3.63) is 202 Å². The van der Waals surface area contributed by atoms with Gasteiger partial charge in [-0.2, -0.15) is 0 Å². The van der Waals surface area contributed by atoms with Crippen molar-refractivity contribution in [2.75, 3.05) is 0 Å². The minimum absolute atomic E-state index is 0.00101. The first kappa shape index (κ1) is 67.5. The third-order valence-electron chi connectivity index (χ3n) is 10.9. The van der Waals surface area contributed by atoms with Crippen LogP contribution in [-0.2, 0) is 19.3 Å². The first-order chi connectivity index (χ1) is 37.7. The molecule has 7 aromatic carbocycles. The molecule has 0 atom stereocenters. The molecule has 426 valence electrons. The quantitative estimate of drug-likeness (QED) is 0.0292. The summed E-state index contributed by atoms with van der Waals surface area (Å²) in [6, 6.07) is 46.7. The molecule has 0 radical (unpaired) electrons. The highest BCUT2D eigenvalue weighted by Crippen LogP contribution is 2.36. The molecule has 0 aliphatic heterocycles. The van der Waals surface area contributed by atoms with Gasteiger partial charge >= 0.3 is 17.9 Å². The van der Waals surface area contributed by atoms with Crippen LogP contribution in [0.2, 0.25) is 0 Å². The Morgan fingerprint density at radius 2 is 0.762 bits per heavy atom. The number of nitrogens with zero attached hydrogens (tertiary/aromatic N) is 1. The van der Waals surface area contributed by atoms with E-state index in [1.807, 2.05) is 114 Å². The Morgan fingerprint density at radius 3 is 1.15 bits per heavy atom. The van der Waals surface area contributed by atoms with Crippen LogP contribution in [0.4, 0.5) is 5.69 Å². The van der Waals surface area contributed by atoms with Gasteiger partial charge in [0.25, 0.3) is 0 Å². The fourth-order valence-electron chi connectivity index (χ4n) is 7.70. The van der Waals surface area contributed by atoms with Gasteiger partial charge in [-0.25, -0.2) is 19.4 Å². The molecule has 0 heterocycles. The lowest BCUT2D eigenvalue weighted by atomic mass is 9.85. The largest absolute Gasteiger partial charge is 0.423 e. The van der Waals surface area contributed by atoms with Crippen molar-refractivity contribution in [1.29, 1.82) is 10.8 Å². The standard InChI is InChI=1S/C23H24N2O2.C19H23N3O2.C19H22N2O2.3C2H6/c1-23(2,3)14-19-18-11-9-17(21(24)25)13-16(18)10-12-20(19)27-22(26)15-7-5-4-6-8-15;1-19(2,3)12-14-11-15(22-18(20)21)9-10-16(14)24-17(23)13-7-5-4-6-8-13;1-19(2,3)12-15-11-14(17(20)21)9-10-16(15)23-18(22)13-7-5-4-6-8-13;3*1-2/h4-13H,14H2,1-3H3,(H3,24,25);4-11H,12H2,1-3H3,(H4,20,21,22);4-11H,12H2,1-3H3,(H3,20,21);3*1-2H3. The lowest BCUT2D eigenvalue weighted by Crippen LogP contribution is -2.22. The molecule has 0 saturated heterocycles. The average molecular weight is 1090 g/mol. The number of hydrogen-bond donors (Lipinski definition) is 6. The van der Waals surface area contributed by atoms with E-state index in [4.69, 9.17) is 48.0 Å². The summed E-state index contributed by atoms with van der Waals surface area (Å²) in [7, 11) is 0. The predicted octanol–water partition coefficient (Wildman–Crippen LogP) is 15.2. The molecule has 0 amide bonds. The fraction of sp³-hybridized carbons (Fsp3) is 0.313. The van der Waals surface area contributed by atoms with Gasteiger partial charge in [-0.1, -0.05) is 177 Å². The van der Waals surface area contributed by atoms with Crippen molar-refractivity contribution in [3.8, 4) is 17.2 Å². The van der Waals surface area contributed by atoms with Crippen molar-refractivity contribution >= 4 is 52.0 Å². The Bertz CT molecular complexity index is 3130. The number of ether oxygens (including phenoxy) is 3. The Hall–Kier alpha value is -8.58. The number of aliphatic imine (C=N–C) groups is 1. The highest BCUT2D eigenvalue weighted by molar-refractivity contribution is 6.01. The van der Waals surface area contributed by atoms with E-state index in [9.17, 15) is 14.4 Å². The number of nitrogen functional groups attached to an aromatic ring is 2. The summed E-state index contributed by atoms with van der Waals surface area (Å²) in [4.78, 5) is 41.2. The topological polar surface area (TPSA) is 243 Å². The molecule has 13 nitrogen and oxygen atoms in total. The molecular formula is C67H87N7O6. The van der Waals surface area contributed by atoms with Crippen LogP contribution in [0, 0.1) is 27.1 Å². The Balaban J connectivity index is 0.000000392. The summed E-state index contributed by atoms with van der Waals surface area (Å²) in [6.07, 6.45) is 2.19. The van der Waals surface area contributed by atoms with E-state index >= 15 is 0 Å². The van der Waals surface area contributed by atoms with E-state index < -0.39 is 5.97 Å². The number of carbonyl (C=O) groups excluding carboxylic acids is 3. The second-order valence-corrected chi connectivity index (χ2v) is 21.4. The van der Waals surface area contributed by atoms with E-state index in [1.165, 1.54) is 0 Å². The van der Waals surface area contributed by atoms with Gasteiger partial charge in [-0.05, 0) is 142 Å². The number of esters is 3. The van der Waals surface area contributed by atoms with Crippen LogP contribution >= 0.6 is 0 Å². The molecule has 0 aromatic heterocycles. The van der Waals surface area contributed by atoms with Gasteiger partial charge in [0.15, 0.2) is 5.96 Å². The molecule has 0 saturated carbocycles. The highest BCUT2D eigenvalue weighted by Gasteiger charge is 2.22. The first-order valence-electron chi connectivity index (χ1n) is 27.2. The van der Waals surface area contributed by atoms with E-state index in [-0.39, 0.29) is 45.8 Å². The van der Waals surface area contributed by atoms with Crippen molar-refractivity contribution in [1.82, 2.24) is 0 Å². The fourth-order valence-corrected chi connectivity index (χ4v) is 7.70. The summed E-state index contributed by atoms with van der Waals surface area (Å²) < 4.78 is 16.9. The normalized spacial score (nSPS) is 10.5. The minimum Gasteiger partial charge on any atom is -0.423 e. The van der Waals surface area contributed by atoms with E-state index in [0.717, 1.165) is 40.3 Å². The zero-order chi connectivity index (χ0) is 60.4. The molecule has 0 bridgehead atoms. The summed E-state index contributed by atoms with van der Waals surface area (Å²) in [6.45, 7) is 31.1. The number of nitrogens with two attached hydrogens (primary N) is 4. The van der Waals surface area contributed by atoms with Crippen molar-refractivity contribution < 1.29 is 28.6 Å². The number of fused-ring (bicyclic) bond motifs is 1. The number of rotatable bonds is 12. The van der Waals surface area contributed by atoms with Crippen LogP contribution in [0.1, 0.15) is 163 Å². The van der Waals surface area contributed by atoms with Crippen LogP contribution in [0.3, 0.4) is 0 Å². The van der Waals surface area contributed by atoms with Crippen LogP contribution < -0.4 is 37.1 Å². The van der Waals surface area contributed by atoms with Gasteiger partial charge in [0.2, 0.25) is 0 Å².